The molecule has 0 aromatic heterocycles. The van der Waals surface area contributed by atoms with Gasteiger partial charge in [-0.05, 0) is 142 Å². The first kappa shape index (κ1) is 45.4. The van der Waals surface area contributed by atoms with Crippen molar-refractivity contribution in [2.75, 3.05) is 26.4 Å². The number of rotatable bonds is 9. The van der Waals surface area contributed by atoms with Gasteiger partial charge >= 0.3 is 11.9 Å². The van der Waals surface area contributed by atoms with E-state index in [1.165, 1.54) is 43.3 Å². The number of aliphatic hydroxyl groups excluding tert-OH is 5. The zero-order valence-corrected chi connectivity index (χ0v) is 35.1. The first-order valence-electron chi connectivity index (χ1n) is 21.3. The van der Waals surface area contributed by atoms with Gasteiger partial charge in [-0.15, -0.1) is 0 Å². The Labute approximate surface area is 331 Å². The van der Waals surface area contributed by atoms with Gasteiger partial charge < -0.3 is 35.4 Å². The maximum absolute atomic E-state index is 13.0. The van der Waals surface area contributed by atoms with Crippen molar-refractivity contribution in [1.29, 1.82) is 0 Å². The third kappa shape index (κ3) is 9.71. The smallest absolute Gasteiger partial charge is 0.312 e. The molecule has 0 radical (unpaired) electrons. The Kier molecular flexibility index (Phi) is 15.7. The van der Waals surface area contributed by atoms with E-state index in [4.69, 9.17) is 25.2 Å². The zero-order chi connectivity index (χ0) is 40.9. The molecule has 6 aliphatic carbocycles. The largest absolute Gasteiger partial charge is 0.481 e. The fourth-order valence-corrected chi connectivity index (χ4v) is 11.3. The number of hydrogen-bond donors (Lipinski definition) is 6. The maximum atomic E-state index is 13.0. The molecule has 0 amide bonds. The standard InChI is InChI=1S/C23H36O4.C20H30O2.C3H8O3/c1-14(2)16-5-7-19-17(11-16)6-8-20-21(19)15(3)9-10-23(20,4)22(26)27-13-18(25)12-24;1-13(2)14-6-8-16-15(12-14)7-9-17-19(16,3)10-5-11-20(17,4)18(21)22;4-1-3(6)2-5/h6,11,14-15,18-21,24-25H,5,7-10,12-13H2,1-4H3;7,12-13,16-17H,5-6,8-11H2,1-4H3,(H,21,22);3-6H,1-2H2/t15-,18?,19+,20?,21?,23-;16-,17?,19+,20+;/m10./s1. The number of carbonyl (C=O) groups excluding carboxylic acids is 1. The summed E-state index contributed by atoms with van der Waals surface area (Å²) in [6.45, 7) is 16.7. The van der Waals surface area contributed by atoms with Crippen molar-refractivity contribution >= 4 is 11.9 Å². The molecule has 0 aliphatic heterocycles. The minimum Gasteiger partial charge on any atom is -0.481 e. The summed E-state index contributed by atoms with van der Waals surface area (Å²) in [5.74, 6) is 3.26. The summed E-state index contributed by atoms with van der Waals surface area (Å²) in [5, 5.41) is 52.4. The van der Waals surface area contributed by atoms with Crippen LogP contribution in [0.1, 0.15) is 126 Å². The van der Waals surface area contributed by atoms with Crippen LogP contribution in [0.15, 0.2) is 46.6 Å². The molecule has 312 valence electrons. The number of carboxylic acid groups (broad SMARTS) is 1. The summed E-state index contributed by atoms with van der Waals surface area (Å²) in [7, 11) is 0. The van der Waals surface area contributed by atoms with E-state index in [0.29, 0.717) is 41.4 Å². The van der Waals surface area contributed by atoms with Crippen molar-refractivity contribution in [1.82, 2.24) is 0 Å². The molecule has 0 aromatic rings. The van der Waals surface area contributed by atoms with Crippen LogP contribution >= 0.6 is 0 Å². The molecule has 55 heavy (non-hydrogen) atoms. The molecular weight excluding hydrogens is 696 g/mol. The Hall–Kier alpha value is -2.30. The molecule has 10 atom stereocenters. The van der Waals surface area contributed by atoms with Crippen LogP contribution in [0.3, 0.4) is 0 Å². The van der Waals surface area contributed by atoms with Crippen LogP contribution in [0.2, 0.25) is 0 Å². The molecule has 0 spiro atoms. The van der Waals surface area contributed by atoms with E-state index >= 15 is 0 Å². The summed E-state index contributed by atoms with van der Waals surface area (Å²) in [6, 6.07) is 0. The predicted octanol–water partition coefficient (Wildman–Crippen LogP) is 7.41. The molecule has 6 aliphatic rings. The lowest BCUT2D eigenvalue weighted by Gasteiger charge is -2.57. The van der Waals surface area contributed by atoms with Crippen LogP contribution in [-0.2, 0) is 14.3 Å². The Bertz CT molecular complexity index is 1450. The second-order valence-electron chi connectivity index (χ2n) is 19.1. The second kappa shape index (κ2) is 19.0. The second-order valence-corrected chi connectivity index (χ2v) is 19.1. The average Bonchev–Trinajstić information content (AvgIpc) is 3.17. The van der Waals surface area contributed by atoms with Gasteiger partial charge in [0.2, 0.25) is 0 Å². The molecule has 0 heterocycles. The average molecular weight is 771 g/mol. The lowest BCUT2D eigenvalue weighted by Crippen LogP contribution is -2.53. The molecule has 4 unspecified atom stereocenters. The maximum Gasteiger partial charge on any atom is 0.312 e. The van der Waals surface area contributed by atoms with Gasteiger partial charge in [0.25, 0.3) is 0 Å². The summed E-state index contributed by atoms with van der Waals surface area (Å²) in [4.78, 5) is 24.9. The molecule has 0 bridgehead atoms. The first-order chi connectivity index (χ1) is 25.9. The van der Waals surface area contributed by atoms with E-state index < -0.39 is 29.0 Å². The van der Waals surface area contributed by atoms with Gasteiger partial charge in [-0.3, -0.25) is 9.59 Å². The molecule has 0 aromatic carbocycles. The van der Waals surface area contributed by atoms with Crippen molar-refractivity contribution in [3.05, 3.63) is 46.6 Å². The highest BCUT2D eigenvalue weighted by Gasteiger charge is 2.57. The van der Waals surface area contributed by atoms with E-state index in [0.717, 1.165) is 38.5 Å². The Morgan fingerprint density at radius 3 is 1.93 bits per heavy atom. The van der Waals surface area contributed by atoms with Crippen molar-refractivity contribution in [3.63, 3.8) is 0 Å². The van der Waals surface area contributed by atoms with Crippen molar-refractivity contribution in [3.8, 4) is 0 Å². The summed E-state index contributed by atoms with van der Waals surface area (Å²) in [6.07, 6.45) is 19.2. The summed E-state index contributed by atoms with van der Waals surface area (Å²) < 4.78 is 5.42. The molecule has 2 fully saturated rings. The highest BCUT2D eigenvalue weighted by molar-refractivity contribution is 5.77. The van der Waals surface area contributed by atoms with Crippen molar-refractivity contribution < 1.29 is 45.0 Å². The fourth-order valence-electron chi connectivity index (χ4n) is 11.3. The molecular formula is C46H74O9. The number of aliphatic carboxylic acids is 1. The topological polar surface area (TPSA) is 165 Å². The number of aliphatic hydroxyl groups is 5. The van der Waals surface area contributed by atoms with Crippen LogP contribution in [0.5, 0.6) is 0 Å². The molecule has 9 nitrogen and oxygen atoms in total. The fraction of sp³-hybridized carbons (Fsp3) is 0.783. The SMILES string of the molecule is CC(C)C1=CC2=CCC3C([C@H](C)CC[C@@]3(C)C(=O)OCC(O)CO)[C@H]2CC1.CC(C)C1=CC2=CCC3[C@](C)(C(=O)O)CCC[C@]3(C)[C@H]2CC1.OCC(O)CO. The number of hydrogen-bond acceptors (Lipinski definition) is 8. The van der Waals surface area contributed by atoms with Crippen LogP contribution in [0.4, 0.5) is 0 Å². The molecule has 6 N–H and O–H groups in total. The van der Waals surface area contributed by atoms with Crippen molar-refractivity contribution in [2.24, 2.45) is 63.6 Å². The Morgan fingerprint density at radius 1 is 0.782 bits per heavy atom. The van der Waals surface area contributed by atoms with E-state index in [1.54, 1.807) is 11.1 Å². The van der Waals surface area contributed by atoms with Gasteiger partial charge in [0.15, 0.2) is 0 Å². The van der Waals surface area contributed by atoms with E-state index in [1.807, 2.05) is 6.92 Å². The third-order valence-corrected chi connectivity index (χ3v) is 15.0. The molecule has 2 saturated carbocycles. The number of ether oxygens (including phenoxy) is 1. The highest BCUT2D eigenvalue weighted by Crippen LogP contribution is 2.62. The van der Waals surface area contributed by atoms with E-state index in [2.05, 4.69) is 72.8 Å². The lowest BCUT2D eigenvalue weighted by molar-refractivity contribution is -0.169. The number of carbonyl (C=O) groups is 2. The summed E-state index contributed by atoms with van der Waals surface area (Å²) in [5.41, 5.74) is 5.23. The Morgan fingerprint density at radius 2 is 1.36 bits per heavy atom. The molecule has 9 heteroatoms. The van der Waals surface area contributed by atoms with Crippen molar-refractivity contribution in [2.45, 2.75) is 138 Å². The minimum absolute atomic E-state index is 0.122. The third-order valence-electron chi connectivity index (χ3n) is 15.0. The van der Waals surface area contributed by atoms with Gasteiger partial charge in [0, 0.05) is 0 Å². The van der Waals surface area contributed by atoms with Gasteiger partial charge in [-0.25, -0.2) is 0 Å². The van der Waals surface area contributed by atoms with E-state index in [-0.39, 0.29) is 43.7 Å². The van der Waals surface area contributed by atoms with Gasteiger partial charge in [-0.1, -0.05) is 83.4 Å². The van der Waals surface area contributed by atoms with Gasteiger partial charge in [0.05, 0.1) is 30.7 Å². The number of fused-ring (bicyclic) bond motifs is 6. The van der Waals surface area contributed by atoms with Crippen LogP contribution in [-0.4, -0.2) is 81.2 Å². The Balaban J connectivity index is 0.000000216. The van der Waals surface area contributed by atoms with Gasteiger partial charge in [-0.2, -0.15) is 0 Å². The lowest BCUT2D eigenvalue weighted by atomic mass is 9.47. The van der Waals surface area contributed by atoms with Crippen LogP contribution in [0.25, 0.3) is 0 Å². The van der Waals surface area contributed by atoms with Gasteiger partial charge in [0.1, 0.15) is 18.8 Å². The van der Waals surface area contributed by atoms with Crippen LogP contribution in [0, 0.1) is 63.6 Å². The number of esters is 1. The zero-order valence-electron chi connectivity index (χ0n) is 35.1. The highest BCUT2D eigenvalue weighted by atomic mass is 16.5. The van der Waals surface area contributed by atoms with E-state index in [9.17, 15) is 19.8 Å². The summed E-state index contributed by atoms with van der Waals surface area (Å²) >= 11 is 0. The predicted molar refractivity (Wildman–Crippen MR) is 216 cm³/mol. The molecule has 6 rings (SSSR count). The first-order valence-corrected chi connectivity index (χ1v) is 21.3. The quantitative estimate of drug-likeness (QED) is 0.131. The normalized spacial score (nSPS) is 35.8. The monoisotopic (exact) mass is 771 g/mol. The molecule has 0 saturated heterocycles. The van der Waals surface area contributed by atoms with Crippen LogP contribution < -0.4 is 0 Å². The number of allylic oxidation sites excluding steroid dienone is 8. The minimum atomic E-state index is -0.994. The number of carboxylic acids is 1.